The molecule has 0 bridgehead atoms. The predicted octanol–water partition coefficient (Wildman–Crippen LogP) is 1.17. The van der Waals surface area contributed by atoms with Crippen molar-refractivity contribution in [1.82, 2.24) is 4.98 Å². The van der Waals surface area contributed by atoms with Gasteiger partial charge in [0.25, 0.3) is 0 Å². The van der Waals surface area contributed by atoms with Gasteiger partial charge in [-0.3, -0.25) is 4.79 Å². The number of oxazole rings is 1. The Bertz CT molecular complexity index is 532. The Morgan fingerprint density at radius 2 is 2.33 bits per heavy atom. The molecule has 0 N–H and O–H groups in total. The SMILES string of the molecule is CC(=O)Cc1cnc(CC2CCCS(=O)(=O)C2)o1. The molecule has 1 aromatic heterocycles. The minimum atomic E-state index is -2.89. The smallest absolute Gasteiger partial charge is 0.194 e. The molecule has 2 rings (SSSR count). The number of ketones is 1. The molecule has 0 aliphatic carbocycles. The van der Waals surface area contributed by atoms with Crippen LogP contribution < -0.4 is 0 Å². The Kier molecular flexibility index (Phi) is 3.85. The van der Waals surface area contributed by atoms with E-state index in [9.17, 15) is 13.2 Å². The van der Waals surface area contributed by atoms with Crippen LogP contribution in [0.1, 0.15) is 31.4 Å². The summed E-state index contributed by atoms with van der Waals surface area (Å²) in [6.45, 7) is 1.50. The van der Waals surface area contributed by atoms with Gasteiger partial charge in [-0.05, 0) is 25.7 Å². The Hall–Kier alpha value is -1.17. The average molecular weight is 271 g/mol. The number of carbonyl (C=O) groups excluding carboxylic acids is 1. The van der Waals surface area contributed by atoms with Crippen LogP contribution in [0.15, 0.2) is 10.6 Å². The largest absolute Gasteiger partial charge is 0.445 e. The molecule has 1 fully saturated rings. The fourth-order valence-corrected chi connectivity index (χ4v) is 4.07. The fraction of sp³-hybridized carbons (Fsp3) is 0.667. The summed E-state index contributed by atoms with van der Waals surface area (Å²) in [5, 5.41) is 0. The van der Waals surface area contributed by atoms with Gasteiger partial charge in [0.1, 0.15) is 11.5 Å². The summed E-state index contributed by atoms with van der Waals surface area (Å²) in [5.41, 5.74) is 0. The van der Waals surface area contributed by atoms with Crippen LogP contribution in [0, 0.1) is 5.92 Å². The monoisotopic (exact) mass is 271 g/mol. The van der Waals surface area contributed by atoms with E-state index in [1.165, 1.54) is 6.92 Å². The average Bonchev–Trinajstić information content (AvgIpc) is 2.62. The maximum Gasteiger partial charge on any atom is 0.194 e. The lowest BCUT2D eigenvalue weighted by atomic mass is 10.0. The van der Waals surface area contributed by atoms with Crippen molar-refractivity contribution in [3.63, 3.8) is 0 Å². The number of aromatic nitrogens is 1. The fourth-order valence-electron chi connectivity index (χ4n) is 2.30. The molecule has 0 spiro atoms. The van der Waals surface area contributed by atoms with Gasteiger partial charge in [-0.25, -0.2) is 13.4 Å². The van der Waals surface area contributed by atoms with Crippen molar-refractivity contribution in [3.8, 4) is 0 Å². The van der Waals surface area contributed by atoms with Crippen LogP contribution in [-0.2, 0) is 27.5 Å². The van der Waals surface area contributed by atoms with E-state index in [1.54, 1.807) is 6.20 Å². The van der Waals surface area contributed by atoms with Crippen molar-refractivity contribution in [1.29, 1.82) is 0 Å². The quantitative estimate of drug-likeness (QED) is 0.821. The van der Waals surface area contributed by atoms with E-state index in [-0.39, 0.29) is 23.9 Å². The zero-order valence-corrected chi connectivity index (χ0v) is 11.2. The number of hydrogen-bond acceptors (Lipinski definition) is 5. The molecule has 100 valence electrons. The minimum absolute atomic E-state index is 0.0259. The molecule has 1 aliphatic heterocycles. The molecule has 18 heavy (non-hydrogen) atoms. The third-order valence-corrected chi connectivity index (χ3v) is 4.94. The first-order valence-corrected chi connectivity index (χ1v) is 7.90. The molecular weight excluding hydrogens is 254 g/mol. The Morgan fingerprint density at radius 1 is 1.56 bits per heavy atom. The van der Waals surface area contributed by atoms with Crippen LogP contribution in [0.4, 0.5) is 0 Å². The van der Waals surface area contributed by atoms with Gasteiger partial charge < -0.3 is 4.42 Å². The molecule has 0 saturated carbocycles. The summed E-state index contributed by atoms with van der Waals surface area (Å²) in [5.74, 6) is 1.72. The second kappa shape index (κ2) is 5.22. The van der Waals surface area contributed by atoms with Gasteiger partial charge in [0.15, 0.2) is 15.7 Å². The summed E-state index contributed by atoms with van der Waals surface area (Å²) >= 11 is 0. The van der Waals surface area contributed by atoms with Gasteiger partial charge >= 0.3 is 0 Å². The first kappa shape index (κ1) is 13.3. The lowest BCUT2D eigenvalue weighted by molar-refractivity contribution is -0.116. The van der Waals surface area contributed by atoms with E-state index >= 15 is 0 Å². The predicted molar refractivity (Wildman–Crippen MR) is 66.0 cm³/mol. The third-order valence-electron chi connectivity index (χ3n) is 3.05. The van der Waals surface area contributed by atoms with E-state index in [2.05, 4.69) is 4.98 Å². The van der Waals surface area contributed by atoms with Crippen molar-refractivity contribution in [2.75, 3.05) is 11.5 Å². The van der Waals surface area contributed by atoms with Crippen molar-refractivity contribution >= 4 is 15.6 Å². The molecule has 1 unspecified atom stereocenters. The van der Waals surface area contributed by atoms with E-state index in [4.69, 9.17) is 4.42 Å². The first-order chi connectivity index (χ1) is 8.44. The van der Waals surface area contributed by atoms with E-state index < -0.39 is 9.84 Å². The molecule has 1 aromatic rings. The Balaban J connectivity index is 1.97. The van der Waals surface area contributed by atoms with E-state index in [0.29, 0.717) is 30.2 Å². The molecule has 6 heteroatoms. The summed E-state index contributed by atoms with van der Waals surface area (Å²) < 4.78 is 28.5. The molecule has 1 saturated heterocycles. The maximum atomic E-state index is 11.5. The highest BCUT2D eigenvalue weighted by molar-refractivity contribution is 7.91. The molecule has 1 aliphatic rings. The number of hydrogen-bond donors (Lipinski definition) is 0. The van der Waals surface area contributed by atoms with E-state index in [0.717, 1.165) is 6.42 Å². The highest BCUT2D eigenvalue weighted by Gasteiger charge is 2.26. The zero-order chi connectivity index (χ0) is 13.2. The van der Waals surface area contributed by atoms with Gasteiger partial charge in [0.05, 0.1) is 24.1 Å². The molecule has 2 heterocycles. The Morgan fingerprint density at radius 3 is 3.00 bits per heavy atom. The van der Waals surface area contributed by atoms with Gasteiger partial charge in [-0.15, -0.1) is 0 Å². The maximum absolute atomic E-state index is 11.5. The topological polar surface area (TPSA) is 77.2 Å². The second-order valence-corrected chi connectivity index (χ2v) is 7.15. The van der Waals surface area contributed by atoms with Crippen LogP contribution in [0.2, 0.25) is 0 Å². The minimum Gasteiger partial charge on any atom is -0.445 e. The Labute approximate surface area is 107 Å². The van der Waals surface area contributed by atoms with Gasteiger partial charge in [-0.2, -0.15) is 0 Å². The third kappa shape index (κ3) is 3.66. The summed E-state index contributed by atoms with van der Waals surface area (Å²) in [4.78, 5) is 15.0. The van der Waals surface area contributed by atoms with Gasteiger partial charge in [0, 0.05) is 6.42 Å². The van der Waals surface area contributed by atoms with Crippen LogP contribution in [0.25, 0.3) is 0 Å². The number of carbonyl (C=O) groups is 1. The highest BCUT2D eigenvalue weighted by atomic mass is 32.2. The normalized spacial score (nSPS) is 22.8. The second-order valence-electron chi connectivity index (χ2n) is 4.93. The molecule has 0 aromatic carbocycles. The van der Waals surface area contributed by atoms with Gasteiger partial charge in [0.2, 0.25) is 0 Å². The number of nitrogens with zero attached hydrogens (tertiary/aromatic N) is 1. The molecule has 0 radical (unpaired) electrons. The molecular formula is C12H17NO4S. The van der Waals surface area contributed by atoms with Gasteiger partial charge in [-0.1, -0.05) is 0 Å². The van der Waals surface area contributed by atoms with Crippen molar-refractivity contribution in [2.24, 2.45) is 5.92 Å². The first-order valence-electron chi connectivity index (χ1n) is 6.08. The lowest BCUT2D eigenvalue weighted by Gasteiger charge is -2.20. The summed E-state index contributed by atoms with van der Waals surface area (Å²) in [6, 6.07) is 0. The highest BCUT2D eigenvalue weighted by Crippen LogP contribution is 2.22. The zero-order valence-electron chi connectivity index (χ0n) is 10.4. The summed E-state index contributed by atoms with van der Waals surface area (Å²) in [7, 11) is -2.89. The van der Waals surface area contributed by atoms with Crippen molar-refractivity contribution in [2.45, 2.75) is 32.6 Å². The number of rotatable bonds is 4. The van der Waals surface area contributed by atoms with Crippen LogP contribution in [-0.4, -0.2) is 30.7 Å². The molecule has 1 atom stereocenters. The van der Waals surface area contributed by atoms with E-state index in [1.807, 2.05) is 0 Å². The summed E-state index contributed by atoms with van der Waals surface area (Å²) in [6.07, 6.45) is 3.94. The van der Waals surface area contributed by atoms with Crippen molar-refractivity contribution in [3.05, 3.63) is 17.8 Å². The standard InChI is InChI=1S/C12H17NO4S/c1-9(14)5-11-7-13-12(17-11)6-10-3-2-4-18(15,16)8-10/h7,10H,2-6,8H2,1H3. The number of Topliss-reactive ketones (excluding diaryl/α,β-unsaturated/α-hetero) is 1. The van der Waals surface area contributed by atoms with Crippen LogP contribution >= 0.6 is 0 Å². The molecule has 5 nitrogen and oxygen atoms in total. The lowest BCUT2D eigenvalue weighted by Crippen LogP contribution is -2.26. The number of sulfone groups is 1. The molecule has 0 amide bonds. The van der Waals surface area contributed by atoms with Crippen molar-refractivity contribution < 1.29 is 17.6 Å². The van der Waals surface area contributed by atoms with Crippen LogP contribution in [0.3, 0.4) is 0 Å². The van der Waals surface area contributed by atoms with Crippen LogP contribution in [0.5, 0.6) is 0 Å².